The Morgan fingerprint density at radius 2 is 1.62 bits per heavy atom. The average Bonchev–Trinajstić information content (AvgIpc) is 2.68. The number of nitrogens with two attached hydrogens (primary N) is 2. The monoisotopic (exact) mass is 357 g/mol. The zero-order chi connectivity index (χ0) is 18.4. The Balaban J connectivity index is 1.47. The second-order valence-corrected chi connectivity index (χ2v) is 7.81. The molecule has 0 bridgehead atoms. The lowest BCUT2D eigenvalue weighted by Gasteiger charge is -2.26. The highest BCUT2D eigenvalue weighted by atomic mass is 16.5. The molecule has 0 heterocycles. The minimum Gasteiger partial charge on any atom is -0.426 e. The number of carbonyl (C=O) groups is 1. The molecule has 142 valence electrons. The molecule has 0 unspecified atom stereocenters. The van der Waals surface area contributed by atoms with Gasteiger partial charge in [-0.25, -0.2) is 0 Å². The van der Waals surface area contributed by atoms with Crippen molar-refractivity contribution in [3.63, 3.8) is 0 Å². The summed E-state index contributed by atoms with van der Waals surface area (Å²) in [5.41, 5.74) is 12.1. The van der Waals surface area contributed by atoms with E-state index in [1.54, 1.807) is 0 Å². The molecular formula is C21H31N3O2. The Bertz CT molecular complexity index is 609. The van der Waals surface area contributed by atoms with Crippen LogP contribution in [0.15, 0.2) is 29.3 Å². The molecule has 2 aliphatic rings. The van der Waals surface area contributed by atoms with E-state index in [1.165, 1.54) is 37.7 Å². The molecule has 26 heavy (non-hydrogen) atoms. The van der Waals surface area contributed by atoms with Gasteiger partial charge in [0.2, 0.25) is 0 Å². The van der Waals surface area contributed by atoms with Crippen LogP contribution in [0.5, 0.6) is 5.75 Å². The van der Waals surface area contributed by atoms with Crippen molar-refractivity contribution >= 4 is 11.9 Å². The molecule has 5 nitrogen and oxygen atoms in total. The number of hydrogen-bond donors (Lipinski definition) is 2. The molecule has 4 N–H and O–H groups in total. The van der Waals surface area contributed by atoms with E-state index in [-0.39, 0.29) is 17.8 Å². The van der Waals surface area contributed by atoms with E-state index < -0.39 is 0 Å². The van der Waals surface area contributed by atoms with Gasteiger partial charge in [0.1, 0.15) is 5.75 Å². The molecule has 0 spiro atoms. The van der Waals surface area contributed by atoms with E-state index in [0.29, 0.717) is 24.1 Å². The van der Waals surface area contributed by atoms with E-state index in [1.807, 2.05) is 12.1 Å². The van der Waals surface area contributed by atoms with Crippen LogP contribution in [0.4, 0.5) is 0 Å². The lowest BCUT2D eigenvalue weighted by Crippen LogP contribution is -2.28. The summed E-state index contributed by atoms with van der Waals surface area (Å²) in [5.74, 6) is 1.84. The predicted octanol–water partition coefficient (Wildman–Crippen LogP) is 3.72. The van der Waals surface area contributed by atoms with Crippen LogP contribution in [0.2, 0.25) is 0 Å². The summed E-state index contributed by atoms with van der Waals surface area (Å²) in [6, 6.07) is 8.16. The number of aliphatic imine (C=N–C) groups is 1. The second kappa shape index (κ2) is 9.06. The van der Waals surface area contributed by atoms with Crippen LogP contribution in [-0.4, -0.2) is 18.5 Å². The minimum absolute atomic E-state index is 0.0107. The fraction of sp³-hybridized carbons (Fsp3) is 0.619. The van der Waals surface area contributed by atoms with E-state index in [9.17, 15) is 4.79 Å². The maximum absolute atomic E-state index is 12.4. The van der Waals surface area contributed by atoms with Gasteiger partial charge in [-0.3, -0.25) is 9.79 Å². The summed E-state index contributed by atoms with van der Waals surface area (Å²) >= 11 is 0. The molecule has 0 aliphatic heterocycles. The number of nitrogens with zero attached hydrogens (tertiary/aromatic N) is 1. The van der Waals surface area contributed by atoms with Crippen LogP contribution in [0.25, 0.3) is 0 Å². The van der Waals surface area contributed by atoms with Crippen molar-refractivity contribution in [1.82, 2.24) is 0 Å². The highest BCUT2D eigenvalue weighted by molar-refractivity contribution is 5.76. The molecule has 5 heteroatoms. The molecule has 0 amide bonds. The number of benzene rings is 1. The number of guanidine groups is 1. The lowest BCUT2D eigenvalue weighted by atomic mass is 9.82. The summed E-state index contributed by atoms with van der Waals surface area (Å²) in [6.45, 7) is 0.659. The smallest absolute Gasteiger partial charge is 0.314 e. The lowest BCUT2D eigenvalue weighted by molar-refractivity contribution is -0.140. The number of esters is 1. The van der Waals surface area contributed by atoms with Gasteiger partial charge in [0.15, 0.2) is 5.96 Å². The second-order valence-electron chi connectivity index (χ2n) is 7.81. The van der Waals surface area contributed by atoms with E-state index in [4.69, 9.17) is 16.2 Å². The Labute approximate surface area is 156 Å². The first kappa shape index (κ1) is 18.7. The van der Waals surface area contributed by atoms with Crippen molar-refractivity contribution in [2.24, 2.45) is 28.3 Å². The first-order valence-electron chi connectivity index (χ1n) is 9.99. The first-order valence-corrected chi connectivity index (χ1v) is 9.99. The number of rotatable bonds is 5. The molecule has 0 aromatic heterocycles. The summed E-state index contributed by atoms with van der Waals surface area (Å²) in [7, 11) is 0. The van der Waals surface area contributed by atoms with Crippen LogP contribution in [-0.2, 0) is 4.79 Å². The third-order valence-corrected chi connectivity index (χ3v) is 5.89. The maximum Gasteiger partial charge on any atom is 0.314 e. The van der Waals surface area contributed by atoms with Gasteiger partial charge in [-0.15, -0.1) is 0 Å². The van der Waals surface area contributed by atoms with Crippen molar-refractivity contribution in [3.8, 4) is 5.75 Å². The van der Waals surface area contributed by atoms with E-state index >= 15 is 0 Å². The number of hydrogen-bond acceptors (Lipinski definition) is 3. The van der Waals surface area contributed by atoms with Crippen molar-refractivity contribution in [2.75, 3.05) is 6.54 Å². The zero-order valence-electron chi connectivity index (χ0n) is 15.5. The van der Waals surface area contributed by atoms with Gasteiger partial charge < -0.3 is 16.2 Å². The summed E-state index contributed by atoms with van der Waals surface area (Å²) in [6.07, 6.45) is 10.2. The first-order chi connectivity index (χ1) is 12.6. The number of ether oxygens (including phenoxy) is 1. The van der Waals surface area contributed by atoms with Crippen molar-refractivity contribution in [3.05, 3.63) is 29.8 Å². The van der Waals surface area contributed by atoms with Crippen LogP contribution >= 0.6 is 0 Å². The highest BCUT2D eigenvalue weighted by Crippen LogP contribution is 2.34. The third kappa shape index (κ3) is 5.23. The van der Waals surface area contributed by atoms with Crippen molar-refractivity contribution in [1.29, 1.82) is 0 Å². The minimum atomic E-state index is -0.101. The normalized spacial score (nSPS) is 24.0. The molecule has 2 aliphatic carbocycles. The SMILES string of the molecule is NC(N)=NCC1CCC(C(=O)Oc2ccc(C3CCCCC3)cc2)CC1. The molecule has 2 saturated carbocycles. The summed E-state index contributed by atoms with van der Waals surface area (Å²) in [4.78, 5) is 16.5. The Morgan fingerprint density at radius 3 is 2.23 bits per heavy atom. The maximum atomic E-state index is 12.4. The average molecular weight is 357 g/mol. The summed E-state index contributed by atoms with van der Waals surface area (Å²) in [5, 5.41) is 0. The van der Waals surface area contributed by atoms with Gasteiger partial charge in [-0.2, -0.15) is 0 Å². The molecule has 2 fully saturated rings. The molecule has 1 aromatic carbocycles. The third-order valence-electron chi connectivity index (χ3n) is 5.89. The van der Waals surface area contributed by atoms with Gasteiger partial charge in [0.25, 0.3) is 0 Å². The summed E-state index contributed by atoms with van der Waals surface area (Å²) < 4.78 is 5.62. The van der Waals surface area contributed by atoms with Gasteiger partial charge in [0.05, 0.1) is 5.92 Å². The topological polar surface area (TPSA) is 90.7 Å². The molecular weight excluding hydrogens is 326 g/mol. The van der Waals surface area contributed by atoms with E-state index in [2.05, 4.69) is 17.1 Å². The van der Waals surface area contributed by atoms with Gasteiger partial charge in [-0.1, -0.05) is 31.4 Å². The van der Waals surface area contributed by atoms with E-state index in [0.717, 1.165) is 25.7 Å². The van der Waals surface area contributed by atoms with Crippen molar-refractivity contribution in [2.45, 2.75) is 63.7 Å². The fourth-order valence-corrected chi connectivity index (χ4v) is 4.26. The molecule has 0 radical (unpaired) electrons. The largest absolute Gasteiger partial charge is 0.426 e. The highest BCUT2D eigenvalue weighted by Gasteiger charge is 2.27. The molecule has 0 saturated heterocycles. The van der Waals surface area contributed by atoms with Gasteiger partial charge >= 0.3 is 5.97 Å². The van der Waals surface area contributed by atoms with Crippen LogP contribution in [0, 0.1) is 11.8 Å². The Morgan fingerprint density at radius 1 is 0.962 bits per heavy atom. The molecule has 3 rings (SSSR count). The van der Waals surface area contributed by atoms with Gasteiger partial charge in [0, 0.05) is 6.54 Å². The molecule has 1 aromatic rings. The Kier molecular flexibility index (Phi) is 6.53. The quantitative estimate of drug-likeness (QED) is 0.364. The standard InChI is InChI=1S/C21H31N3O2/c22-21(23)24-14-15-6-8-18(9-7-15)20(25)26-19-12-10-17(11-13-19)16-4-2-1-3-5-16/h10-13,15-16,18H,1-9,14H2,(H4,22,23,24). The van der Waals surface area contributed by atoms with Crippen LogP contribution in [0.1, 0.15) is 69.3 Å². The van der Waals surface area contributed by atoms with Crippen LogP contribution in [0.3, 0.4) is 0 Å². The van der Waals surface area contributed by atoms with Gasteiger partial charge in [-0.05, 0) is 68.1 Å². The predicted molar refractivity (Wildman–Crippen MR) is 104 cm³/mol. The van der Waals surface area contributed by atoms with Crippen molar-refractivity contribution < 1.29 is 9.53 Å². The number of carbonyl (C=O) groups excluding carboxylic acids is 1. The zero-order valence-corrected chi connectivity index (χ0v) is 15.5. The molecule has 0 atom stereocenters. The fourth-order valence-electron chi connectivity index (χ4n) is 4.26. The van der Waals surface area contributed by atoms with Crippen LogP contribution < -0.4 is 16.2 Å². The Hall–Kier alpha value is -2.04.